The molecule has 0 aliphatic rings. The van der Waals surface area contributed by atoms with Gasteiger partial charge in [0, 0.05) is 5.39 Å². The van der Waals surface area contributed by atoms with Gasteiger partial charge in [-0.2, -0.15) is 5.10 Å². The number of aromatic nitrogens is 2. The molecule has 0 aliphatic heterocycles. The van der Waals surface area contributed by atoms with Gasteiger partial charge in [-0.25, -0.2) is 0 Å². The van der Waals surface area contributed by atoms with Crippen LogP contribution in [0.3, 0.4) is 0 Å². The molecular weight excluding hydrogens is 160 g/mol. The van der Waals surface area contributed by atoms with E-state index in [1.807, 2.05) is 18.2 Å². The Balaban J connectivity index is 2.65. The fraction of sp³-hybridized carbons (Fsp3) is 0.182. The highest BCUT2D eigenvalue weighted by Crippen LogP contribution is 2.17. The van der Waals surface area contributed by atoms with Crippen molar-refractivity contribution in [2.24, 2.45) is 0 Å². The predicted molar refractivity (Wildman–Crippen MR) is 55.4 cm³/mol. The highest BCUT2D eigenvalue weighted by molar-refractivity contribution is 5.86. The summed E-state index contributed by atoms with van der Waals surface area (Å²) < 4.78 is 0. The molecule has 2 heteroatoms. The van der Waals surface area contributed by atoms with Crippen molar-refractivity contribution in [1.82, 2.24) is 10.2 Å². The molecule has 1 aromatic heterocycles. The minimum Gasteiger partial charge on any atom is -0.277 e. The van der Waals surface area contributed by atoms with Crippen molar-refractivity contribution in [2.75, 3.05) is 0 Å². The van der Waals surface area contributed by atoms with E-state index >= 15 is 0 Å². The molecule has 1 heterocycles. The van der Waals surface area contributed by atoms with Crippen LogP contribution in [0.1, 0.15) is 19.5 Å². The molecule has 0 saturated heterocycles. The molecule has 2 rings (SSSR count). The molecule has 0 spiro atoms. The van der Waals surface area contributed by atoms with Crippen molar-refractivity contribution in [3.8, 4) is 0 Å². The number of rotatable bonds is 1. The van der Waals surface area contributed by atoms with Crippen molar-refractivity contribution in [3.05, 3.63) is 35.5 Å². The van der Waals surface area contributed by atoms with E-state index in [0.717, 1.165) is 11.2 Å². The number of nitrogens with zero attached hydrogens (tertiary/aromatic N) is 1. The van der Waals surface area contributed by atoms with Crippen molar-refractivity contribution >= 4 is 17.0 Å². The van der Waals surface area contributed by atoms with E-state index in [-0.39, 0.29) is 0 Å². The van der Waals surface area contributed by atoms with Crippen molar-refractivity contribution < 1.29 is 0 Å². The normalized spacial score (nSPS) is 10.3. The lowest BCUT2D eigenvalue weighted by Gasteiger charge is -1.89. The molecule has 0 amide bonds. The monoisotopic (exact) mass is 172 g/mol. The van der Waals surface area contributed by atoms with Gasteiger partial charge in [0.1, 0.15) is 0 Å². The van der Waals surface area contributed by atoms with Crippen LogP contribution in [0.15, 0.2) is 29.8 Å². The fourth-order valence-corrected chi connectivity index (χ4v) is 1.37. The largest absolute Gasteiger partial charge is 0.277 e. The van der Waals surface area contributed by atoms with Crippen molar-refractivity contribution in [1.29, 1.82) is 0 Å². The Hall–Kier alpha value is -1.57. The molecule has 0 unspecified atom stereocenters. The maximum absolute atomic E-state index is 4.23. The van der Waals surface area contributed by atoms with E-state index in [9.17, 15) is 0 Å². The molecule has 0 radical (unpaired) electrons. The summed E-state index contributed by atoms with van der Waals surface area (Å²) in [4.78, 5) is 0. The molecule has 13 heavy (non-hydrogen) atoms. The van der Waals surface area contributed by atoms with E-state index in [4.69, 9.17) is 0 Å². The van der Waals surface area contributed by atoms with Gasteiger partial charge < -0.3 is 0 Å². The number of allylic oxidation sites excluding steroid dienone is 1. The summed E-state index contributed by atoms with van der Waals surface area (Å²) in [5.74, 6) is 0. The number of para-hydroxylation sites is 1. The molecule has 2 aromatic rings. The maximum Gasteiger partial charge on any atom is 0.0926 e. The van der Waals surface area contributed by atoms with E-state index in [1.165, 1.54) is 11.0 Å². The van der Waals surface area contributed by atoms with Gasteiger partial charge in [0.25, 0.3) is 0 Å². The average Bonchev–Trinajstić information content (AvgIpc) is 2.48. The zero-order chi connectivity index (χ0) is 9.26. The Bertz CT molecular complexity index is 448. The Morgan fingerprint density at radius 3 is 2.85 bits per heavy atom. The number of nitrogens with one attached hydrogen (secondary N) is 1. The van der Waals surface area contributed by atoms with Gasteiger partial charge in [-0.05, 0) is 26.0 Å². The van der Waals surface area contributed by atoms with Crippen LogP contribution in [0.2, 0.25) is 0 Å². The summed E-state index contributed by atoms with van der Waals surface area (Å²) >= 11 is 0. The molecule has 0 fully saturated rings. The minimum atomic E-state index is 1.02. The Morgan fingerprint density at radius 2 is 2.08 bits per heavy atom. The third-order valence-electron chi connectivity index (χ3n) is 1.93. The van der Waals surface area contributed by atoms with E-state index in [1.54, 1.807) is 0 Å². The first-order valence-corrected chi connectivity index (χ1v) is 4.35. The number of aromatic amines is 1. The van der Waals surface area contributed by atoms with Gasteiger partial charge in [0.2, 0.25) is 0 Å². The van der Waals surface area contributed by atoms with E-state index in [0.29, 0.717) is 0 Å². The van der Waals surface area contributed by atoms with Gasteiger partial charge in [0.05, 0.1) is 11.2 Å². The molecule has 1 N–H and O–H groups in total. The number of H-pyrrole nitrogens is 1. The number of hydrogen-bond donors (Lipinski definition) is 1. The fourth-order valence-electron chi connectivity index (χ4n) is 1.37. The molecule has 0 bridgehead atoms. The molecule has 2 nitrogen and oxygen atoms in total. The molecular formula is C11H12N2. The van der Waals surface area contributed by atoms with E-state index < -0.39 is 0 Å². The number of benzene rings is 1. The molecule has 1 aromatic carbocycles. The maximum atomic E-state index is 4.23. The standard InChI is InChI=1S/C11H12N2/c1-8(2)7-11-9-5-3-4-6-10(9)12-13-11/h3-7H,1-2H3,(H,12,13). The lowest BCUT2D eigenvalue weighted by atomic mass is 10.2. The lowest BCUT2D eigenvalue weighted by molar-refractivity contribution is 1.10. The topological polar surface area (TPSA) is 28.7 Å². The summed E-state index contributed by atoms with van der Waals surface area (Å²) in [5.41, 5.74) is 3.38. The first kappa shape index (κ1) is 8.05. The Kier molecular flexibility index (Phi) is 1.89. The zero-order valence-electron chi connectivity index (χ0n) is 7.83. The molecule has 0 atom stereocenters. The second-order valence-electron chi connectivity index (χ2n) is 3.38. The van der Waals surface area contributed by atoms with Crippen molar-refractivity contribution in [2.45, 2.75) is 13.8 Å². The third-order valence-corrected chi connectivity index (χ3v) is 1.93. The summed E-state index contributed by atoms with van der Waals surface area (Å²) in [7, 11) is 0. The smallest absolute Gasteiger partial charge is 0.0926 e. The van der Waals surface area contributed by atoms with Gasteiger partial charge in [-0.1, -0.05) is 23.8 Å². The predicted octanol–water partition coefficient (Wildman–Crippen LogP) is 2.99. The van der Waals surface area contributed by atoms with Crippen LogP contribution in [0.4, 0.5) is 0 Å². The minimum absolute atomic E-state index is 1.02. The van der Waals surface area contributed by atoms with Crippen LogP contribution in [-0.4, -0.2) is 10.2 Å². The quantitative estimate of drug-likeness (QED) is 0.703. The van der Waals surface area contributed by atoms with Crippen LogP contribution < -0.4 is 0 Å². The molecule has 0 saturated carbocycles. The molecule has 0 aliphatic carbocycles. The van der Waals surface area contributed by atoms with Gasteiger partial charge in [0.15, 0.2) is 0 Å². The SMILES string of the molecule is CC(C)=Cc1n[nH]c2ccccc12. The first-order chi connectivity index (χ1) is 6.27. The second kappa shape index (κ2) is 3.05. The van der Waals surface area contributed by atoms with Crippen LogP contribution >= 0.6 is 0 Å². The third kappa shape index (κ3) is 1.47. The van der Waals surface area contributed by atoms with Crippen LogP contribution in [-0.2, 0) is 0 Å². The van der Waals surface area contributed by atoms with Crippen LogP contribution in [0, 0.1) is 0 Å². The zero-order valence-corrected chi connectivity index (χ0v) is 7.83. The highest BCUT2D eigenvalue weighted by Gasteiger charge is 2.00. The first-order valence-electron chi connectivity index (χ1n) is 4.35. The summed E-state index contributed by atoms with van der Waals surface area (Å²) in [5, 5.41) is 8.42. The Morgan fingerprint density at radius 1 is 1.31 bits per heavy atom. The number of hydrogen-bond acceptors (Lipinski definition) is 1. The summed E-state index contributed by atoms with van der Waals surface area (Å²) in [6.07, 6.45) is 2.08. The van der Waals surface area contributed by atoms with Crippen molar-refractivity contribution in [3.63, 3.8) is 0 Å². The summed E-state index contributed by atoms with van der Waals surface area (Å²) in [6.45, 7) is 4.15. The lowest BCUT2D eigenvalue weighted by Crippen LogP contribution is -1.73. The molecule has 66 valence electrons. The number of fused-ring (bicyclic) bond motifs is 1. The summed E-state index contributed by atoms with van der Waals surface area (Å²) in [6, 6.07) is 8.14. The van der Waals surface area contributed by atoms with Crippen LogP contribution in [0.5, 0.6) is 0 Å². The highest BCUT2D eigenvalue weighted by atomic mass is 15.1. The van der Waals surface area contributed by atoms with Gasteiger partial charge in [-0.15, -0.1) is 0 Å². The van der Waals surface area contributed by atoms with Crippen LogP contribution in [0.25, 0.3) is 17.0 Å². The van der Waals surface area contributed by atoms with Gasteiger partial charge >= 0.3 is 0 Å². The van der Waals surface area contributed by atoms with Gasteiger partial charge in [-0.3, -0.25) is 5.10 Å². The second-order valence-corrected chi connectivity index (χ2v) is 3.38. The Labute approximate surface area is 77.3 Å². The average molecular weight is 172 g/mol. The van der Waals surface area contributed by atoms with E-state index in [2.05, 4.69) is 36.2 Å².